The Morgan fingerprint density at radius 2 is 1.89 bits per heavy atom. The molecule has 102 valence electrons. The lowest BCUT2D eigenvalue weighted by molar-refractivity contribution is -0.0511. The van der Waals surface area contributed by atoms with Gasteiger partial charge in [-0.3, -0.25) is 4.90 Å². The molecule has 0 aliphatic carbocycles. The number of hydrogen-bond acceptors (Lipinski definition) is 3. The third-order valence-electron chi connectivity index (χ3n) is 3.81. The molecule has 1 aromatic carbocycles. The smallest absolute Gasteiger partial charge is 0.159 e. The Balaban J connectivity index is 1.49. The van der Waals surface area contributed by atoms with Crippen molar-refractivity contribution in [3.63, 3.8) is 0 Å². The lowest BCUT2D eigenvalue weighted by Gasteiger charge is -2.27. The molecule has 0 atom stereocenters. The van der Waals surface area contributed by atoms with Gasteiger partial charge in [0.15, 0.2) is 6.29 Å². The van der Waals surface area contributed by atoms with E-state index in [2.05, 4.69) is 41.3 Å². The number of nitrogens with zero attached hydrogens (tertiary/aromatic N) is 1. The summed E-state index contributed by atoms with van der Waals surface area (Å²) in [5.74, 6) is 0. The van der Waals surface area contributed by atoms with Crippen molar-refractivity contribution in [2.45, 2.75) is 19.1 Å². The van der Waals surface area contributed by atoms with Crippen LogP contribution in [0.4, 0.5) is 0 Å². The van der Waals surface area contributed by atoms with E-state index in [1.165, 1.54) is 11.1 Å². The second-order valence-corrected chi connectivity index (χ2v) is 5.11. The fraction of sp³-hybridized carbons (Fsp3) is 0.500. The first kappa shape index (κ1) is 12.9. The van der Waals surface area contributed by atoms with Gasteiger partial charge in [0.2, 0.25) is 0 Å². The van der Waals surface area contributed by atoms with Gasteiger partial charge in [-0.2, -0.15) is 0 Å². The Hall–Kier alpha value is -1.16. The number of ether oxygens (including phenoxy) is 2. The highest BCUT2D eigenvalue weighted by Gasteiger charge is 2.18. The minimum Gasteiger partial charge on any atom is -0.350 e. The van der Waals surface area contributed by atoms with Crippen molar-refractivity contribution >= 4 is 5.57 Å². The molecule has 0 spiro atoms. The third kappa shape index (κ3) is 3.44. The van der Waals surface area contributed by atoms with Crippen molar-refractivity contribution in [1.29, 1.82) is 0 Å². The van der Waals surface area contributed by atoms with Crippen LogP contribution in [0.25, 0.3) is 5.57 Å². The van der Waals surface area contributed by atoms with E-state index in [9.17, 15) is 0 Å². The van der Waals surface area contributed by atoms with E-state index in [0.717, 1.165) is 45.7 Å². The lowest BCUT2D eigenvalue weighted by atomic mass is 9.99. The molecule has 3 nitrogen and oxygen atoms in total. The van der Waals surface area contributed by atoms with Gasteiger partial charge in [-0.1, -0.05) is 36.4 Å². The Morgan fingerprint density at radius 3 is 2.58 bits per heavy atom. The first-order valence-electron chi connectivity index (χ1n) is 7.12. The van der Waals surface area contributed by atoms with E-state index >= 15 is 0 Å². The van der Waals surface area contributed by atoms with Crippen LogP contribution in [-0.4, -0.2) is 44.0 Å². The highest BCUT2D eigenvalue weighted by Crippen LogP contribution is 2.22. The summed E-state index contributed by atoms with van der Waals surface area (Å²) in [7, 11) is 0. The van der Waals surface area contributed by atoms with Gasteiger partial charge < -0.3 is 9.47 Å². The van der Waals surface area contributed by atoms with E-state index in [1.54, 1.807) is 0 Å². The molecule has 1 aromatic rings. The van der Waals surface area contributed by atoms with Crippen LogP contribution in [0.3, 0.4) is 0 Å². The Kier molecular flexibility index (Phi) is 4.28. The van der Waals surface area contributed by atoms with Crippen molar-refractivity contribution < 1.29 is 9.47 Å². The van der Waals surface area contributed by atoms with Crippen LogP contribution in [0.1, 0.15) is 18.4 Å². The van der Waals surface area contributed by atoms with Crippen molar-refractivity contribution in [3.05, 3.63) is 42.0 Å². The molecule has 19 heavy (non-hydrogen) atoms. The van der Waals surface area contributed by atoms with Gasteiger partial charge in [-0.15, -0.1) is 0 Å². The molecule has 0 aromatic heterocycles. The van der Waals surface area contributed by atoms with Gasteiger partial charge in [-0.25, -0.2) is 0 Å². The maximum absolute atomic E-state index is 5.47. The minimum absolute atomic E-state index is 0.0273. The van der Waals surface area contributed by atoms with Crippen LogP contribution in [0, 0.1) is 0 Å². The fourth-order valence-corrected chi connectivity index (χ4v) is 2.69. The number of rotatable bonds is 4. The predicted octanol–water partition coefficient (Wildman–Crippen LogP) is 2.54. The van der Waals surface area contributed by atoms with Crippen molar-refractivity contribution in [2.75, 3.05) is 32.8 Å². The van der Waals surface area contributed by atoms with Gasteiger partial charge in [0.1, 0.15) is 0 Å². The average Bonchev–Trinajstić information content (AvgIpc) is 3.00. The van der Waals surface area contributed by atoms with Crippen LogP contribution in [0.2, 0.25) is 0 Å². The van der Waals surface area contributed by atoms with Crippen LogP contribution in [0.15, 0.2) is 36.4 Å². The first-order valence-corrected chi connectivity index (χ1v) is 7.12. The summed E-state index contributed by atoms with van der Waals surface area (Å²) >= 11 is 0. The molecule has 2 aliphatic rings. The van der Waals surface area contributed by atoms with Gasteiger partial charge in [0, 0.05) is 26.1 Å². The summed E-state index contributed by atoms with van der Waals surface area (Å²) in [6.07, 6.45) is 4.50. The van der Waals surface area contributed by atoms with Gasteiger partial charge in [-0.05, 0) is 17.6 Å². The molecule has 0 radical (unpaired) electrons. The Bertz CT molecular complexity index is 424. The molecule has 1 fully saturated rings. The van der Waals surface area contributed by atoms with E-state index in [1.807, 2.05) is 0 Å². The Morgan fingerprint density at radius 1 is 1.11 bits per heavy atom. The van der Waals surface area contributed by atoms with Gasteiger partial charge >= 0.3 is 0 Å². The van der Waals surface area contributed by atoms with Crippen LogP contribution in [-0.2, 0) is 9.47 Å². The van der Waals surface area contributed by atoms with Crippen molar-refractivity contribution in [2.24, 2.45) is 0 Å². The molecule has 0 N–H and O–H groups in total. The zero-order chi connectivity index (χ0) is 12.9. The van der Waals surface area contributed by atoms with E-state index in [0.29, 0.717) is 0 Å². The summed E-state index contributed by atoms with van der Waals surface area (Å²) in [4.78, 5) is 2.47. The minimum atomic E-state index is 0.0273. The standard InChI is InChI=1S/C16H21NO2/c1-2-4-14(5-3-1)15-6-9-17(10-7-15)11-8-16-18-12-13-19-16/h1-6,16H,7-13H2. The molecular formula is C16H21NO2. The van der Waals surface area contributed by atoms with E-state index in [-0.39, 0.29) is 6.29 Å². The van der Waals surface area contributed by atoms with Crippen molar-refractivity contribution in [1.82, 2.24) is 4.90 Å². The molecule has 0 bridgehead atoms. The molecule has 2 heterocycles. The molecule has 3 rings (SSSR count). The quantitative estimate of drug-likeness (QED) is 0.829. The normalized spacial score (nSPS) is 21.6. The maximum atomic E-state index is 5.47. The summed E-state index contributed by atoms with van der Waals surface area (Å²) in [6.45, 7) is 4.74. The highest BCUT2D eigenvalue weighted by molar-refractivity contribution is 5.66. The molecule has 0 unspecified atom stereocenters. The monoisotopic (exact) mass is 259 g/mol. The fourth-order valence-electron chi connectivity index (χ4n) is 2.69. The molecule has 1 saturated heterocycles. The zero-order valence-electron chi connectivity index (χ0n) is 11.3. The zero-order valence-corrected chi connectivity index (χ0v) is 11.3. The number of benzene rings is 1. The van der Waals surface area contributed by atoms with Gasteiger partial charge in [0.25, 0.3) is 0 Å². The second-order valence-electron chi connectivity index (χ2n) is 5.11. The molecule has 0 amide bonds. The van der Waals surface area contributed by atoms with E-state index in [4.69, 9.17) is 9.47 Å². The molecule has 0 saturated carbocycles. The molecule has 2 aliphatic heterocycles. The largest absolute Gasteiger partial charge is 0.350 e. The summed E-state index contributed by atoms with van der Waals surface area (Å²) in [6, 6.07) is 10.7. The summed E-state index contributed by atoms with van der Waals surface area (Å²) in [5, 5.41) is 0. The van der Waals surface area contributed by atoms with Crippen molar-refractivity contribution in [3.8, 4) is 0 Å². The van der Waals surface area contributed by atoms with E-state index < -0.39 is 0 Å². The SMILES string of the molecule is C1=C(c2ccccc2)CCN(CCC2OCCO2)C1. The predicted molar refractivity (Wildman–Crippen MR) is 75.8 cm³/mol. The highest BCUT2D eigenvalue weighted by atomic mass is 16.7. The van der Waals surface area contributed by atoms with Crippen LogP contribution < -0.4 is 0 Å². The number of hydrogen-bond donors (Lipinski definition) is 0. The van der Waals surface area contributed by atoms with Crippen LogP contribution >= 0.6 is 0 Å². The Labute approximate surface area is 114 Å². The van der Waals surface area contributed by atoms with Gasteiger partial charge in [0.05, 0.1) is 13.2 Å². The topological polar surface area (TPSA) is 21.7 Å². The molecule has 3 heteroatoms. The first-order chi connectivity index (χ1) is 9.42. The average molecular weight is 259 g/mol. The summed E-state index contributed by atoms with van der Waals surface area (Å²) in [5.41, 5.74) is 2.84. The second kappa shape index (κ2) is 6.33. The molecular weight excluding hydrogens is 238 g/mol. The summed E-state index contributed by atoms with van der Waals surface area (Å²) < 4.78 is 10.9. The maximum Gasteiger partial charge on any atom is 0.159 e. The third-order valence-corrected chi connectivity index (χ3v) is 3.81. The lowest BCUT2D eigenvalue weighted by Crippen LogP contribution is -2.31. The van der Waals surface area contributed by atoms with Crippen LogP contribution in [0.5, 0.6) is 0 Å².